The number of nitrogens with two attached hydrogens (primary N) is 1. The first-order valence-electron chi connectivity index (χ1n) is 6.14. The van der Waals surface area contributed by atoms with Crippen molar-refractivity contribution in [3.8, 4) is 11.5 Å². The van der Waals surface area contributed by atoms with Crippen LogP contribution in [0.25, 0.3) is 11.5 Å². The fourth-order valence-electron chi connectivity index (χ4n) is 1.55. The summed E-state index contributed by atoms with van der Waals surface area (Å²) in [6, 6.07) is 5.17. The van der Waals surface area contributed by atoms with E-state index in [1.165, 1.54) is 6.20 Å². The molecule has 0 spiro atoms. The molecule has 3 N–H and O–H groups in total. The molecule has 0 aromatic carbocycles. The summed E-state index contributed by atoms with van der Waals surface area (Å²) in [6.07, 6.45) is 2.45. The molecule has 2 aromatic rings. The number of furan rings is 1. The fourth-order valence-corrected chi connectivity index (χ4v) is 1.55. The largest absolute Gasteiger partial charge is 0.463 e. The predicted octanol–water partition coefficient (Wildman–Crippen LogP) is 3.27. The second-order valence-electron chi connectivity index (χ2n) is 5.26. The molecule has 0 aliphatic carbocycles. The van der Waals surface area contributed by atoms with Crippen LogP contribution in [-0.4, -0.2) is 16.7 Å². The highest BCUT2D eigenvalue weighted by Crippen LogP contribution is 2.25. The Hall–Kier alpha value is -2.50. The zero-order valence-corrected chi connectivity index (χ0v) is 11.6. The van der Waals surface area contributed by atoms with Gasteiger partial charge in [0.1, 0.15) is 11.3 Å². The Bertz CT molecular complexity index is 601. The van der Waals surface area contributed by atoms with Crippen LogP contribution in [0.1, 0.15) is 20.8 Å². The second-order valence-corrected chi connectivity index (χ2v) is 5.26. The number of nitrogen functional groups attached to an aromatic ring is 1. The standard InChI is InChI=1S/C14H17N3O3/c1-14(2,3)20-13(18)17-11-8-16-10(7-9(11)15)12-5-4-6-19-12/h4-8H,1-3H3,(H2,15,16)(H,17,18). The minimum Gasteiger partial charge on any atom is -0.463 e. The van der Waals surface area contributed by atoms with E-state index in [1.54, 1.807) is 45.2 Å². The molecular formula is C14H17N3O3. The van der Waals surface area contributed by atoms with Crippen molar-refractivity contribution in [2.75, 3.05) is 11.1 Å². The molecule has 0 atom stereocenters. The third-order valence-corrected chi connectivity index (χ3v) is 2.35. The lowest BCUT2D eigenvalue weighted by atomic mass is 10.2. The van der Waals surface area contributed by atoms with Crippen LogP contribution in [0.5, 0.6) is 0 Å². The molecule has 0 unspecified atom stereocenters. The Labute approximate surface area is 116 Å². The number of pyridine rings is 1. The molecule has 106 valence electrons. The van der Waals surface area contributed by atoms with Gasteiger partial charge in [0.2, 0.25) is 0 Å². The Morgan fingerprint density at radius 1 is 1.45 bits per heavy atom. The molecule has 6 heteroatoms. The van der Waals surface area contributed by atoms with Gasteiger partial charge in [-0.2, -0.15) is 0 Å². The molecule has 0 fully saturated rings. The molecule has 0 aliphatic heterocycles. The molecular weight excluding hydrogens is 258 g/mol. The van der Waals surface area contributed by atoms with Crippen LogP contribution >= 0.6 is 0 Å². The summed E-state index contributed by atoms with van der Waals surface area (Å²) in [4.78, 5) is 15.8. The molecule has 1 amide bonds. The highest BCUT2D eigenvalue weighted by Gasteiger charge is 2.17. The van der Waals surface area contributed by atoms with E-state index < -0.39 is 11.7 Å². The summed E-state index contributed by atoms with van der Waals surface area (Å²) in [5.74, 6) is 0.612. The number of carbonyl (C=O) groups excluding carboxylic acids is 1. The van der Waals surface area contributed by atoms with Gasteiger partial charge in [-0.25, -0.2) is 4.79 Å². The van der Waals surface area contributed by atoms with E-state index in [0.29, 0.717) is 22.8 Å². The number of aromatic nitrogens is 1. The van der Waals surface area contributed by atoms with E-state index >= 15 is 0 Å². The van der Waals surface area contributed by atoms with E-state index in [4.69, 9.17) is 14.9 Å². The lowest BCUT2D eigenvalue weighted by molar-refractivity contribution is 0.0636. The van der Waals surface area contributed by atoms with Gasteiger partial charge in [0.15, 0.2) is 5.76 Å². The Morgan fingerprint density at radius 3 is 2.75 bits per heavy atom. The zero-order valence-electron chi connectivity index (χ0n) is 11.6. The number of anilines is 2. The third kappa shape index (κ3) is 3.50. The van der Waals surface area contributed by atoms with E-state index in [9.17, 15) is 4.79 Å². The summed E-state index contributed by atoms with van der Waals surface area (Å²) in [6.45, 7) is 5.36. The molecule has 6 nitrogen and oxygen atoms in total. The number of hydrogen-bond donors (Lipinski definition) is 2. The lowest BCUT2D eigenvalue weighted by Crippen LogP contribution is -2.27. The van der Waals surface area contributed by atoms with Gasteiger partial charge >= 0.3 is 6.09 Å². The van der Waals surface area contributed by atoms with Crippen molar-refractivity contribution in [2.24, 2.45) is 0 Å². The summed E-state index contributed by atoms with van der Waals surface area (Å²) in [5.41, 5.74) is 6.70. The summed E-state index contributed by atoms with van der Waals surface area (Å²) in [7, 11) is 0. The number of amides is 1. The monoisotopic (exact) mass is 275 g/mol. The van der Waals surface area contributed by atoms with Crippen molar-refractivity contribution in [1.29, 1.82) is 0 Å². The third-order valence-electron chi connectivity index (χ3n) is 2.35. The normalized spacial score (nSPS) is 11.2. The smallest absolute Gasteiger partial charge is 0.412 e. The average molecular weight is 275 g/mol. The molecule has 0 aliphatic rings. The quantitative estimate of drug-likeness (QED) is 0.877. The van der Waals surface area contributed by atoms with Gasteiger partial charge in [-0.3, -0.25) is 10.3 Å². The number of hydrogen-bond acceptors (Lipinski definition) is 5. The maximum absolute atomic E-state index is 11.7. The van der Waals surface area contributed by atoms with Gasteiger partial charge < -0.3 is 14.9 Å². The number of rotatable bonds is 2. The van der Waals surface area contributed by atoms with Crippen molar-refractivity contribution < 1.29 is 13.9 Å². The number of nitrogens with one attached hydrogen (secondary N) is 1. The van der Waals surface area contributed by atoms with Crippen molar-refractivity contribution in [3.63, 3.8) is 0 Å². The van der Waals surface area contributed by atoms with E-state index in [-0.39, 0.29) is 0 Å². The van der Waals surface area contributed by atoms with Crippen LogP contribution in [0.2, 0.25) is 0 Å². The second kappa shape index (κ2) is 5.24. The molecule has 2 aromatic heterocycles. The molecule has 0 saturated carbocycles. The van der Waals surface area contributed by atoms with E-state index in [1.807, 2.05) is 0 Å². The maximum atomic E-state index is 11.7. The highest BCUT2D eigenvalue weighted by atomic mass is 16.6. The number of carbonyl (C=O) groups is 1. The van der Waals surface area contributed by atoms with Gasteiger partial charge in [-0.05, 0) is 39.0 Å². The minimum absolute atomic E-state index is 0.386. The molecule has 20 heavy (non-hydrogen) atoms. The molecule has 0 saturated heterocycles. The molecule has 0 radical (unpaired) electrons. The van der Waals surface area contributed by atoms with Crippen molar-refractivity contribution in [2.45, 2.75) is 26.4 Å². The Morgan fingerprint density at radius 2 is 2.20 bits per heavy atom. The first-order valence-corrected chi connectivity index (χ1v) is 6.14. The van der Waals surface area contributed by atoms with Gasteiger partial charge in [0.05, 0.1) is 23.8 Å². The first-order chi connectivity index (χ1) is 9.35. The van der Waals surface area contributed by atoms with Crippen LogP contribution in [-0.2, 0) is 4.74 Å². The summed E-state index contributed by atoms with van der Waals surface area (Å²) in [5, 5.41) is 2.56. The molecule has 2 rings (SSSR count). The summed E-state index contributed by atoms with van der Waals surface area (Å²) < 4.78 is 10.4. The molecule has 2 heterocycles. The Kier molecular flexibility index (Phi) is 3.65. The van der Waals surface area contributed by atoms with Gasteiger partial charge in [-0.1, -0.05) is 0 Å². The van der Waals surface area contributed by atoms with Gasteiger partial charge in [0, 0.05) is 0 Å². The average Bonchev–Trinajstić information content (AvgIpc) is 2.82. The summed E-state index contributed by atoms with van der Waals surface area (Å²) >= 11 is 0. The maximum Gasteiger partial charge on any atom is 0.412 e. The Balaban J connectivity index is 2.13. The SMILES string of the molecule is CC(C)(C)OC(=O)Nc1cnc(-c2ccco2)cc1N. The highest BCUT2D eigenvalue weighted by molar-refractivity contribution is 5.89. The van der Waals surface area contributed by atoms with Crippen LogP contribution < -0.4 is 11.1 Å². The van der Waals surface area contributed by atoms with Gasteiger partial charge in [-0.15, -0.1) is 0 Å². The van der Waals surface area contributed by atoms with Crippen LogP contribution in [0.4, 0.5) is 16.2 Å². The van der Waals surface area contributed by atoms with Gasteiger partial charge in [0.25, 0.3) is 0 Å². The number of ether oxygens (including phenoxy) is 1. The van der Waals surface area contributed by atoms with E-state index in [0.717, 1.165) is 0 Å². The first kappa shape index (κ1) is 13.9. The molecule has 0 bridgehead atoms. The van der Waals surface area contributed by atoms with Crippen LogP contribution in [0.3, 0.4) is 0 Å². The van der Waals surface area contributed by atoms with Crippen molar-refractivity contribution in [3.05, 3.63) is 30.7 Å². The van der Waals surface area contributed by atoms with E-state index in [2.05, 4.69) is 10.3 Å². The number of nitrogens with zero attached hydrogens (tertiary/aromatic N) is 1. The zero-order chi connectivity index (χ0) is 14.8. The minimum atomic E-state index is -0.572. The predicted molar refractivity (Wildman–Crippen MR) is 76.2 cm³/mol. The fraction of sp³-hybridized carbons (Fsp3) is 0.286. The van der Waals surface area contributed by atoms with Crippen LogP contribution in [0.15, 0.2) is 35.1 Å². The lowest BCUT2D eigenvalue weighted by Gasteiger charge is -2.20. The topological polar surface area (TPSA) is 90.4 Å². The van der Waals surface area contributed by atoms with Crippen molar-refractivity contribution in [1.82, 2.24) is 4.98 Å². The van der Waals surface area contributed by atoms with Crippen LogP contribution in [0, 0.1) is 0 Å². The van der Waals surface area contributed by atoms with Crippen molar-refractivity contribution >= 4 is 17.5 Å².